The molecule has 1 aromatic carbocycles. The molecule has 0 fully saturated rings. The number of hydrogen-bond donors (Lipinski definition) is 1. The van der Waals surface area contributed by atoms with Crippen LogP contribution in [0, 0.1) is 0 Å². The smallest absolute Gasteiger partial charge is 0.458 e. The molecular weight excluding hydrogens is 259 g/mol. The van der Waals surface area contributed by atoms with Gasteiger partial charge in [-0.15, -0.1) is 0 Å². The molecule has 0 saturated carbocycles. The second-order valence-electron chi connectivity index (χ2n) is 3.37. The number of rotatable bonds is 3. The number of hydrogen-bond acceptors (Lipinski definition) is 1. The number of carboxylic acids is 1. The molecule has 1 aromatic rings. The fourth-order valence-electron chi connectivity index (χ4n) is 1.17. The van der Waals surface area contributed by atoms with Gasteiger partial charge in [0.2, 0.25) is 0 Å². The zero-order valence-electron chi connectivity index (χ0n) is 8.71. The molecule has 0 heterocycles. The summed E-state index contributed by atoms with van der Waals surface area (Å²) in [4.78, 5) is 10.2. The maximum absolute atomic E-state index is 13.0. The van der Waals surface area contributed by atoms with Gasteiger partial charge in [-0.25, -0.2) is 4.79 Å². The van der Waals surface area contributed by atoms with Crippen LogP contribution in [0.25, 0.3) is 6.08 Å². The van der Waals surface area contributed by atoms with Gasteiger partial charge in [-0.2, -0.15) is 22.0 Å². The lowest BCUT2D eigenvalue weighted by Gasteiger charge is -2.20. The minimum absolute atomic E-state index is 0.0566. The summed E-state index contributed by atoms with van der Waals surface area (Å²) in [7, 11) is 0. The van der Waals surface area contributed by atoms with E-state index in [0.717, 1.165) is 12.1 Å². The Balaban J connectivity index is 3.13. The second-order valence-corrected chi connectivity index (χ2v) is 3.37. The molecule has 2 nitrogen and oxygen atoms in total. The Labute approximate surface area is 98.3 Å². The van der Waals surface area contributed by atoms with Crippen molar-refractivity contribution in [3.05, 3.63) is 41.5 Å². The van der Waals surface area contributed by atoms with Crippen molar-refractivity contribution < 1.29 is 31.9 Å². The predicted octanol–water partition coefficient (Wildman–Crippen LogP) is 3.44. The number of carbonyl (C=O) groups is 1. The molecule has 0 atom stereocenters. The zero-order chi connectivity index (χ0) is 14.0. The largest absolute Gasteiger partial charge is 0.478 e. The summed E-state index contributed by atoms with van der Waals surface area (Å²) < 4.78 is 62.3. The van der Waals surface area contributed by atoms with Gasteiger partial charge in [0.1, 0.15) is 0 Å². The maximum Gasteiger partial charge on any atom is 0.458 e. The Morgan fingerprint density at radius 2 is 1.78 bits per heavy atom. The van der Waals surface area contributed by atoms with Gasteiger partial charge in [-0.3, -0.25) is 0 Å². The first-order chi connectivity index (χ1) is 8.14. The average Bonchev–Trinajstić information content (AvgIpc) is 2.25. The summed E-state index contributed by atoms with van der Waals surface area (Å²) in [5, 5.41) is 8.32. The highest BCUT2D eigenvalue weighted by atomic mass is 19.4. The Morgan fingerprint density at radius 1 is 1.17 bits per heavy atom. The van der Waals surface area contributed by atoms with E-state index in [1.54, 1.807) is 0 Å². The first kappa shape index (κ1) is 14.1. The number of benzene rings is 1. The van der Waals surface area contributed by atoms with Crippen LogP contribution in [0.15, 0.2) is 30.3 Å². The molecule has 1 rings (SSSR count). The van der Waals surface area contributed by atoms with Gasteiger partial charge >= 0.3 is 18.1 Å². The van der Waals surface area contributed by atoms with Crippen molar-refractivity contribution >= 4 is 12.0 Å². The molecule has 0 aliphatic rings. The third-order valence-corrected chi connectivity index (χ3v) is 2.02. The topological polar surface area (TPSA) is 37.3 Å². The molecule has 0 bridgehead atoms. The third-order valence-electron chi connectivity index (χ3n) is 2.02. The van der Waals surface area contributed by atoms with Crippen molar-refractivity contribution in [2.75, 3.05) is 0 Å². The van der Waals surface area contributed by atoms with Crippen LogP contribution in [-0.4, -0.2) is 17.3 Å². The molecule has 0 amide bonds. The maximum atomic E-state index is 13.0. The first-order valence-corrected chi connectivity index (χ1v) is 4.60. The van der Waals surface area contributed by atoms with Gasteiger partial charge in [-0.05, 0) is 17.7 Å². The van der Waals surface area contributed by atoms with E-state index in [9.17, 15) is 26.7 Å². The van der Waals surface area contributed by atoms with Gasteiger partial charge in [0.05, 0.1) is 0 Å². The molecule has 0 aliphatic heterocycles. The number of halogens is 5. The lowest BCUT2D eigenvalue weighted by Crippen LogP contribution is -2.33. The van der Waals surface area contributed by atoms with Crippen LogP contribution in [0.5, 0.6) is 0 Å². The SMILES string of the molecule is O=C(O)/C=C/c1cccc(C(F)(F)C(F)(F)F)c1. The van der Waals surface area contributed by atoms with Crippen molar-refractivity contribution in [1.82, 2.24) is 0 Å². The monoisotopic (exact) mass is 266 g/mol. The van der Waals surface area contributed by atoms with Crippen LogP contribution in [0.2, 0.25) is 0 Å². The molecule has 0 aromatic heterocycles. The molecular formula is C11H7F5O2. The van der Waals surface area contributed by atoms with E-state index in [4.69, 9.17) is 5.11 Å². The summed E-state index contributed by atoms with van der Waals surface area (Å²) >= 11 is 0. The van der Waals surface area contributed by atoms with E-state index in [0.29, 0.717) is 18.2 Å². The highest BCUT2D eigenvalue weighted by molar-refractivity contribution is 5.85. The van der Waals surface area contributed by atoms with E-state index in [-0.39, 0.29) is 5.56 Å². The summed E-state index contributed by atoms with van der Waals surface area (Å²) in [6.45, 7) is 0. The van der Waals surface area contributed by atoms with E-state index in [2.05, 4.69) is 0 Å². The fourth-order valence-corrected chi connectivity index (χ4v) is 1.17. The Morgan fingerprint density at radius 3 is 2.28 bits per heavy atom. The lowest BCUT2D eigenvalue weighted by atomic mass is 10.0. The summed E-state index contributed by atoms with van der Waals surface area (Å²) in [5.41, 5.74) is -1.29. The van der Waals surface area contributed by atoms with Crippen LogP contribution in [0.4, 0.5) is 22.0 Å². The molecule has 0 spiro atoms. The molecule has 18 heavy (non-hydrogen) atoms. The number of carboxylic acid groups (broad SMARTS) is 1. The van der Waals surface area contributed by atoms with Crippen LogP contribution in [-0.2, 0) is 10.7 Å². The van der Waals surface area contributed by atoms with E-state index in [1.165, 1.54) is 6.07 Å². The van der Waals surface area contributed by atoms with E-state index >= 15 is 0 Å². The van der Waals surface area contributed by atoms with Gasteiger partial charge in [0.15, 0.2) is 0 Å². The average molecular weight is 266 g/mol. The van der Waals surface area contributed by atoms with Crippen LogP contribution in [0.3, 0.4) is 0 Å². The van der Waals surface area contributed by atoms with Gasteiger partial charge < -0.3 is 5.11 Å². The van der Waals surface area contributed by atoms with Crippen molar-refractivity contribution in [1.29, 1.82) is 0 Å². The minimum Gasteiger partial charge on any atom is -0.478 e. The lowest BCUT2D eigenvalue weighted by molar-refractivity contribution is -0.289. The second kappa shape index (κ2) is 4.75. The number of aliphatic carboxylic acids is 1. The Hall–Kier alpha value is -1.92. The summed E-state index contributed by atoms with van der Waals surface area (Å²) in [6, 6.07) is 3.43. The molecule has 0 saturated heterocycles. The van der Waals surface area contributed by atoms with Gasteiger partial charge in [0.25, 0.3) is 0 Å². The number of alkyl halides is 5. The molecule has 0 aliphatic carbocycles. The molecule has 7 heteroatoms. The van der Waals surface area contributed by atoms with Gasteiger partial charge in [0, 0.05) is 11.6 Å². The van der Waals surface area contributed by atoms with Crippen molar-refractivity contribution in [2.24, 2.45) is 0 Å². The molecule has 98 valence electrons. The summed E-state index contributed by atoms with van der Waals surface area (Å²) in [6.07, 6.45) is -4.12. The molecule has 0 radical (unpaired) electrons. The standard InChI is InChI=1S/C11H7F5O2/c12-10(13,11(14,15)16)8-3-1-2-7(6-8)4-5-9(17)18/h1-6H,(H,17,18)/b5-4+. The first-order valence-electron chi connectivity index (χ1n) is 4.60. The van der Waals surface area contributed by atoms with Crippen molar-refractivity contribution in [3.8, 4) is 0 Å². The van der Waals surface area contributed by atoms with Crippen LogP contribution in [0.1, 0.15) is 11.1 Å². The molecule has 1 N–H and O–H groups in total. The minimum atomic E-state index is -5.69. The highest BCUT2D eigenvalue weighted by Crippen LogP contribution is 2.43. The highest BCUT2D eigenvalue weighted by Gasteiger charge is 2.58. The normalized spacial score (nSPS) is 12.9. The van der Waals surface area contributed by atoms with E-state index < -0.39 is 23.6 Å². The Bertz CT molecular complexity index is 477. The van der Waals surface area contributed by atoms with Crippen LogP contribution < -0.4 is 0 Å². The summed E-state index contributed by atoms with van der Waals surface area (Å²) in [5.74, 6) is -6.30. The third kappa shape index (κ3) is 3.06. The van der Waals surface area contributed by atoms with E-state index in [1.807, 2.05) is 0 Å². The van der Waals surface area contributed by atoms with Crippen molar-refractivity contribution in [3.63, 3.8) is 0 Å². The van der Waals surface area contributed by atoms with Gasteiger partial charge in [-0.1, -0.05) is 18.2 Å². The quantitative estimate of drug-likeness (QED) is 0.672. The fraction of sp³-hybridized carbons (Fsp3) is 0.182. The Kier molecular flexibility index (Phi) is 3.73. The van der Waals surface area contributed by atoms with Crippen LogP contribution >= 0.6 is 0 Å². The van der Waals surface area contributed by atoms with Crippen molar-refractivity contribution in [2.45, 2.75) is 12.1 Å². The predicted molar refractivity (Wildman–Crippen MR) is 53.1 cm³/mol. The zero-order valence-corrected chi connectivity index (χ0v) is 8.71. The molecule has 0 unspecified atom stereocenters.